The molecule has 290 valence electrons. The van der Waals surface area contributed by atoms with E-state index in [-0.39, 0.29) is 69.3 Å². The number of alkyl halides is 1. The van der Waals surface area contributed by atoms with Crippen molar-refractivity contribution in [3.05, 3.63) is 83.0 Å². The fourth-order valence-corrected chi connectivity index (χ4v) is 9.42. The summed E-state index contributed by atoms with van der Waals surface area (Å²) in [4.78, 5) is 37.0. The number of aromatic nitrogens is 3. The Morgan fingerprint density at radius 3 is 2.60 bits per heavy atom. The van der Waals surface area contributed by atoms with Crippen LogP contribution in [0.5, 0.6) is 17.5 Å². The zero-order valence-corrected chi connectivity index (χ0v) is 31.0. The number of hydrogen-bond donors (Lipinski definition) is 1. The summed E-state index contributed by atoms with van der Waals surface area (Å²) in [5.74, 6) is 1.10. The number of anilines is 1. The van der Waals surface area contributed by atoms with Gasteiger partial charge in [-0.1, -0.05) is 12.0 Å². The summed E-state index contributed by atoms with van der Waals surface area (Å²) in [5, 5.41) is 11.5. The van der Waals surface area contributed by atoms with Gasteiger partial charge in [-0.05, 0) is 80.1 Å². The molecule has 3 aromatic carbocycles. The van der Waals surface area contributed by atoms with Crippen LogP contribution in [0.15, 0.2) is 54.7 Å². The first-order chi connectivity index (χ1) is 27.6. The van der Waals surface area contributed by atoms with Crippen molar-refractivity contribution in [2.24, 2.45) is 0 Å². The lowest BCUT2D eigenvalue weighted by molar-refractivity contribution is -0.131. The van der Waals surface area contributed by atoms with E-state index in [1.54, 1.807) is 29.2 Å². The second-order valence-electron chi connectivity index (χ2n) is 15.2. The van der Waals surface area contributed by atoms with Crippen LogP contribution in [0.25, 0.3) is 38.5 Å². The number of pyridine rings is 1. The number of methoxy groups -OCH3 is 1. The van der Waals surface area contributed by atoms with Crippen LogP contribution in [0.3, 0.4) is 0 Å². The molecule has 57 heavy (non-hydrogen) atoms. The van der Waals surface area contributed by atoms with Crippen molar-refractivity contribution in [2.45, 2.75) is 55.9 Å². The molecule has 15 heteroatoms. The van der Waals surface area contributed by atoms with Gasteiger partial charge < -0.3 is 29.9 Å². The molecule has 5 aromatic rings. The molecule has 0 saturated carbocycles. The first-order valence-electron chi connectivity index (χ1n) is 18.9. The van der Waals surface area contributed by atoms with Crippen LogP contribution in [0.4, 0.5) is 19.0 Å². The Kier molecular flexibility index (Phi) is 8.98. The summed E-state index contributed by atoms with van der Waals surface area (Å²) < 4.78 is 58.3. The van der Waals surface area contributed by atoms with E-state index in [1.165, 1.54) is 37.6 Å². The molecule has 9 rings (SSSR count). The fraction of sp³-hybridized carbons (Fsp3) is 0.357. The van der Waals surface area contributed by atoms with Gasteiger partial charge in [0, 0.05) is 43.2 Å². The molecule has 1 N–H and O–H groups in total. The number of amides is 1. The number of carbonyl (C=O) groups is 1. The molecule has 4 fully saturated rings. The van der Waals surface area contributed by atoms with Gasteiger partial charge in [0.05, 0.1) is 41.2 Å². The number of hydrogen-bond acceptors (Lipinski definition) is 9. The molecule has 12 nitrogen and oxygen atoms in total. The number of terminal acetylenes is 1. The highest BCUT2D eigenvalue weighted by molar-refractivity contribution is 6.43. The quantitative estimate of drug-likeness (QED) is 0.0914. The van der Waals surface area contributed by atoms with Gasteiger partial charge in [-0.15, -0.1) is 6.42 Å². The number of piperazine rings is 1. The molecule has 0 spiro atoms. The Labute approximate surface area is 325 Å². The number of ether oxygens (including phenoxy) is 2. The molecule has 2 aromatic heterocycles. The maximum Gasteiger partial charge on any atom is 0.386 e. The summed E-state index contributed by atoms with van der Waals surface area (Å²) in [6.07, 6.45) is 9.44. The monoisotopic (exact) mass is 774 g/mol. The zero-order chi connectivity index (χ0) is 39.6. The maximum absolute atomic E-state index is 17.1. The summed E-state index contributed by atoms with van der Waals surface area (Å²) in [7, 11) is 1.53. The Morgan fingerprint density at radius 1 is 1.11 bits per heavy atom. The number of carbonyl (C=O) groups excluding carboxylic acids is 1. The van der Waals surface area contributed by atoms with Crippen molar-refractivity contribution < 1.29 is 37.3 Å². The second kappa shape index (κ2) is 14.1. The summed E-state index contributed by atoms with van der Waals surface area (Å²) in [5.41, 5.74) is 9.40. The number of benzene rings is 3. The third-order valence-corrected chi connectivity index (χ3v) is 12.0. The number of aromatic hydroxyl groups is 1. The van der Waals surface area contributed by atoms with E-state index in [9.17, 15) is 24.2 Å². The minimum absolute atomic E-state index is 0.0725. The van der Waals surface area contributed by atoms with Crippen molar-refractivity contribution >= 4 is 39.1 Å². The van der Waals surface area contributed by atoms with Crippen molar-refractivity contribution in [1.29, 1.82) is 0 Å². The highest BCUT2D eigenvalue weighted by Gasteiger charge is 2.50. The lowest BCUT2D eigenvalue weighted by atomic mass is 9.95. The standard InChI is InChI=1S/C42H37F3N8O4/c1-3-30-33(44)12-7-24-15-28(54)16-31(34(24)30)37-35(45)38-32(18-47-37)39(49-41(48-38)57-22-42-13-4-14-52(42)19-25(43)17-42)51-20-26-8-9-27(21-51)53(26)40(55)36(50-46)23-5-10-29(56-2)11-6-23/h1,5-7,10-12,15-16,18,25-27,54H,4,8-9,13-14,17,19-22H2,2H3. The van der Waals surface area contributed by atoms with Gasteiger partial charge in [-0.3, -0.25) is 14.7 Å². The SMILES string of the molecule is C#Cc1c(F)ccc2cc(O)cc(-c3ncc4c(N5CC6CCC(C5)N6C(=O)C(=[N+]=[N-])c5ccc(OC)cc5)nc(OCC56CCCN5CC(F)C6)nc4c3F)c12. The maximum atomic E-state index is 17.1. The highest BCUT2D eigenvalue weighted by atomic mass is 19.1. The molecular formula is C42H37F3N8O4. The van der Waals surface area contributed by atoms with Crippen molar-refractivity contribution in [2.75, 3.05) is 44.8 Å². The van der Waals surface area contributed by atoms with E-state index >= 15 is 4.39 Å². The Morgan fingerprint density at radius 2 is 1.88 bits per heavy atom. The number of halogens is 3. The third-order valence-electron chi connectivity index (χ3n) is 12.0. The lowest BCUT2D eigenvalue weighted by Crippen LogP contribution is -2.57. The van der Waals surface area contributed by atoms with E-state index < -0.39 is 29.3 Å². The molecule has 4 aliphatic rings. The average Bonchev–Trinajstić information content (AvgIpc) is 3.83. The molecule has 4 saturated heterocycles. The van der Waals surface area contributed by atoms with Crippen LogP contribution in [0.2, 0.25) is 0 Å². The van der Waals surface area contributed by atoms with E-state index in [2.05, 4.69) is 25.6 Å². The predicted octanol–water partition coefficient (Wildman–Crippen LogP) is 5.67. The smallest absolute Gasteiger partial charge is 0.386 e. The number of phenols is 1. The molecule has 4 atom stereocenters. The fourth-order valence-electron chi connectivity index (χ4n) is 9.42. The average molecular weight is 775 g/mol. The number of rotatable bonds is 8. The van der Waals surface area contributed by atoms with E-state index in [1.807, 2.05) is 4.90 Å². The topological polar surface area (TPSA) is 141 Å². The molecule has 4 aliphatic heterocycles. The van der Waals surface area contributed by atoms with Gasteiger partial charge in [-0.2, -0.15) is 14.8 Å². The van der Waals surface area contributed by atoms with Crippen LogP contribution in [-0.4, -0.2) is 110 Å². The Bertz CT molecular complexity index is 2550. The molecule has 0 radical (unpaired) electrons. The van der Waals surface area contributed by atoms with Crippen LogP contribution in [0, 0.1) is 24.0 Å². The minimum atomic E-state index is -0.987. The van der Waals surface area contributed by atoms with Gasteiger partial charge in [0.1, 0.15) is 47.1 Å². The molecular weight excluding hydrogens is 738 g/mol. The zero-order valence-electron chi connectivity index (χ0n) is 31.0. The van der Waals surface area contributed by atoms with Crippen molar-refractivity contribution in [1.82, 2.24) is 24.8 Å². The van der Waals surface area contributed by atoms with Crippen molar-refractivity contribution in [3.8, 4) is 41.1 Å². The number of fused-ring (bicyclic) bond motifs is 5. The van der Waals surface area contributed by atoms with Crippen LogP contribution >= 0.6 is 0 Å². The predicted molar refractivity (Wildman–Crippen MR) is 205 cm³/mol. The van der Waals surface area contributed by atoms with Gasteiger partial charge in [0.2, 0.25) is 0 Å². The first-order valence-corrected chi connectivity index (χ1v) is 18.9. The molecule has 6 heterocycles. The number of nitrogens with zero attached hydrogens (tertiary/aromatic N) is 8. The Balaban J connectivity index is 1.11. The Hall–Kier alpha value is -6.23. The van der Waals surface area contributed by atoms with E-state index in [4.69, 9.17) is 20.9 Å². The van der Waals surface area contributed by atoms with Crippen molar-refractivity contribution in [3.63, 3.8) is 0 Å². The van der Waals surface area contributed by atoms with Gasteiger partial charge in [0.25, 0.3) is 0 Å². The summed E-state index contributed by atoms with van der Waals surface area (Å²) in [6.45, 7) is 1.79. The first kappa shape index (κ1) is 36.4. The van der Waals surface area contributed by atoms with Crippen LogP contribution in [-0.2, 0) is 4.79 Å². The van der Waals surface area contributed by atoms with Gasteiger partial charge >= 0.3 is 17.6 Å². The lowest BCUT2D eigenvalue weighted by Gasteiger charge is -2.41. The van der Waals surface area contributed by atoms with Crippen LogP contribution < -0.4 is 14.4 Å². The van der Waals surface area contributed by atoms with Gasteiger partial charge in [-0.25, -0.2) is 13.2 Å². The highest BCUT2D eigenvalue weighted by Crippen LogP contribution is 2.43. The molecule has 1 amide bonds. The summed E-state index contributed by atoms with van der Waals surface area (Å²) in [6, 6.07) is 11.3. The van der Waals surface area contributed by atoms with E-state index in [0.717, 1.165) is 19.4 Å². The molecule has 0 aliphatic carbocycles. The molecule has 4 unspecified atom stereocenters. The third kappa shape index (κ3) is 6.07. The minimum Gasteiger partial charge on any atom is -0.508 e. The summed E-state index contributed by atoms with van der Waals surface area (Å²) >= 11 is 0. The second-order valence-corrected chi connectivity index (χ2v) is 15.2. The normalized spacial score (nSPS) is 22.8. The molecule has 2 bridgehead atoms. The van der Waals surface area contributed by atoms with Gasteiger partial charge in [0.15, 0.2) is 5.82 Å². The largest absolute Gasteiger partial charge is 0.508 e. The number of phenolic OH excluding ortho intramolecular Hbond substituents is 1. The van der Waals surface area contributed by atoms with E-state index in [0.29, 0.717) is 61.4 Å². The van der Waals surface area contributed by atoms with Crippen LogP contribution in [0.1, 0.15) is 43.2 Å².